The Morgan fingerprint density at radius 2 is 0.815 bits per heavy atom. The Balaban J connectivity index is 0.874. The van der Waals surface area contributed by atoms with Crippen LogP contribution in [0.4, 0.5) is 0 Å². The lowest BCUT2D eigenvalue weighted by Crippen LogP contribution is -1.96. The lowest BCUT2D eigenvalue weighted by atomic mass is 9.89. The van der Waals surface area contributed by atoms with Crippen molar-refractivity contribution in [3.63, 3.8) is 0 Å². The summed E-state index contributed by atoms with van der Waals surface area (Å²) in [6.07, 6.45) is 0. The largest absolute Gasteiger partial charge is 0.309 e. The molecule has 65 heavy (non-hydrogen) atoms. The van der Waals surface area contributed by atoms with E-state index < -0.39 is 0 Å². The minimum Gasteiger partial charge on any atom is -0.309 e. The molecule has 302 valence electrons. The van der Waals surface area contributed by atoms with Gasteiger partial charge in [-0.05, 0) is 120 Å². The Morgan fingerprint density at radius 1 is 0.262 bits per heavy atom. The molecule has 0 amide bonds. The summed E-state index contributed by atoms with van der Waals surface area (Å²) in [5.74, 6) is 0.702. The van der Waals surface area contributed by atoms with Gasteiger partial charge in [-0.3, -0.25) is 0 Å². The van der Waals surface area contributed by atoms with E-state index in [9.17, 15) is 0 Å². The average molecular weight is 826 g/mol. The minimum atomic E-state index is 0.702. The van der Waals surface area contributed by atoms with Gasteiger partial charge in [0.05, 0.1) is 22.4 Å². The second kappa shape index (κ2) is 15.0. The minimum absolute atomic E-state index is 0.702. The molecule has 2 aromatic heterocycles. The van der Waals surface area contributed by atoms with Gasteiger partial charge >= 0.3 is 0 Å². The quantitative estimate of drug-likeness (QED) is 0.123. The molecule has 0 atom stereocenters. The first-order chi connectivity index (χ1) is 32.2. The fourth-order valence-corrected chi connectivity index (χ4v) is 9.99. The van der Waals surface area contributed by atoms with Crippen LogP contribution in [0.5, 0.6) is 0 Å². The third-order valence-electron chi connectivity index (χ3n) is 13.2. The topological polar surface area (TPSA) is 30.7 Å². The Hall–Kier alpha value is -8.66. The third kappa shape index (κ3) is 6.28. The van der Waals surface area contributed by atoms with Crippen molar-refractivity contribution in [2.45, 2.75) is 0 Å². The number of hydrogen-bond acceptors (Lipinski definition) is 2. The number of benzene rings is 11. The Labute approximate surface area is 376 Å². The molecule has 0 spiro atoms. The van der Waals surface area contributed by atoms with Gasteiger partial charge in [0.25, 0.3) is 0 Å². The van der Waals surface area contributed by atoms with Crippen LogP contribution in [0.3, 0.4) is 0 Å². The third-order valence-corrected chi connectivity index (χ3v) is 13.2. The van der Waals surface area contributed by atoms with Crippen LogP contribution in [0.2, 0.25) is 0 Å². The zero-order valence-corrected chi connectivity index (χ0v) is 35.4. The van der Waals surface area contributed by atoms with E-state index in [1.54, 1.807) is 0 Å². The summed E-state index contributed by atoms with van der Waals surface area (Å²) in [4.78, 5) is 10.4. The van der Waals surface area contributed by atoms with Gasteiger partial charge in [0.2, 0.25) is 0 Å². The summed E-state index contributed by atoms with van der Waals surface area (Å²) in [6.45, 7) is 0. The van der Waals surface area contributed by atoms with Crippen LogP contribution < -0.4 is 0 Å². The highest BCUT2D eigenvalue weighted by atomic mass is 15.0. The summed E-state index contributed by atoms with van der Waals surface area (Å²) < 4.78 is 2.35. The molecule has 0 fully saturated rings. The summed E-state index contributed by atoms with van der Waals surface area (Å²) in [5, 5.41) is 12.4. The van der Waals surface area contributed by atoms with Gasteiger partial charge in [0.15, 0.2) is 5.82 Å². The number of rotatable bonds is 6. The lowest BCUT2D eigenvalue weighted by molar-refractivity contribution is 1.18. The molecule has 0 saturated carbocycles. The molecule has 0 aliphatic heterocycles. The maximum absolute atomic E-state index is 5.21. The van der Waals surface area contributed by atoms with Gasteiger partial charge in [-0.25, -0.2) is 9.97 Å². The molecular weight excluding hydrogens is 787 g/mol. The predicted molar refractivity (Wildman–Crippen MR) is 274 cm³/mol. The number of aromatic nitrogens is 3. The van der Waals surface area contributed by atoms with Crippen molar-refractivity contribution in [2.75, 3.05) is 0 Å². The van der Waals surface area contributed by atoms with E-state index in [2.05, 4.69) is 223 Å². The molecule has 3 nitrogen and oxygen atoms in total. The molecule has 11 aromatic carbocycles. The summed E-state index contributed by atoms with van der Waals surface area (Å²) in [5.41, 5.74) is 13.2. The molecule has 0 N–H and O–H groups in total. The van der Waals surface area contributed by atoms with Crippen LogP contribution >= 0.6 is 0 Å². The first-order valence-corrected chi connectivity index (χ1v) is 22.2. The van der Waals surface area contributed by atoms with E-state index in [1.807, 2.05) is 18.2 Å². The molecule has 13 aromatic rings. The van der Waals surface area contributed by atoms with Gasteiger partial charge in [-0.2, -0.15) is 0 Å². The van der Waals surface area contributed by atoms with Crippen molar-refractivity contribution >= 4 is 64.9 Å². The summed E-state index contributed by atoms with van der Waals surface area (Å²) in [6, 6.07) is 85.3. The van der Waals surface area contributed by atoms with E-state index >= 15 is 0 Å². The highest BCUT2D eigenvalue weighted by Gasteiger charge is 2.17. The van der Waals surface area contributed by atoms with Crippen molar-refractivity contribution in [2.24, 2.45) is 0 Å². The normalized spacial score (nSPS) is 11.7. The smallest absolute Gasteiger partial charge is 0.160 e. The first-order valence-electron chi connectivity index (χ1n) is 22.2. The van der Waals surface area contributed by atoms with Gasteiger partial charge in [0, 0.05) is 33.2 Å². The standard InChI is InChI=1S/C62H39N3/c1-3-14-43(15-4-1)62-63-57(39-58(64-62)49-32-34-60-56(38-49)53-21-11-12-22-59(53)65(60)50-17-5-2-6-18-50)48-30-29-45-35-44(27-28-46(45)36-48)40-23-25-42(26-24-40)61-52-20-10-8-16-47(52)37-55-51-19-9-7-13-41(51)31-33-54(55)61/h1-39H. The molecular formula is C62H39N3. The molecule has 0 bridgehead atoms. The van der Waals surface area contributed by atoms with Gasteiger partial charge in [0.1, 0.15) is 0 Å². The van der Waals surface area contributed by atoms with Crippen LogP contribution in [0, 0.1) is 0 Å². The Morgan fingerprint density at radius 3 is 1.60 bits per heavy atom. The summed E-state index contributed by atoms with van der Waals surface area (Å²) in [7, 11) is 0. The van der Waals surface area contributed by atoms with Crippen molar-refractivity contribution in [3.8, 4) is 61.8 Å². The van der Waals surface area contributed by atoms with Crippen molar-refractivity contribution in [3.05, 3.63) is 237 Å². The molecule has 0 saturated heterocycles. The van der Waals surface area contributed by atoms with E-state index in [4.69, 9.17) is 9.97 Å². The Kier molecular flexibility index (Phi) is 8.53. The van der Waals surface area contributed by atoms with Crippen molar-refractivity contribution in [1.82, 2.24) is 14.5 Å². The average Bonchev–Trinajstić information content (AvgIpc) is 3.72. The predicted octanol–water partition coefficient (Wildman–Crippen LogP) is 16.5. The number of para-hydroxylation sites is 2. The van der Waals surface area contributed by atoms with Crippen LogP contribution in [-0.2, 0) is 0 Å². The van der Waals surface area contributed by atoms with Gasteiger partial charge < -0.3 is 4.57 Å². The fraction of sp³-hybridized carbons (Fsp3) is 0. The van der Waals surface area contributed by atoms with Gasteiger partial charge in [-0.15, -0.1) is 0 Å². The molecule has 0 radical (unpaired) electrons. The zero-order valence-electron chi connectivity index (χ0n) is 35.4. The fourth-order valence-electron chi connectivity index (χ4n) is 9.99. The first kappa shape index (κ1) is 36.9. The second-order valence-electron chi connectivity index (χ2n) is 17.0. The van der Waals surface area contributed by atoms with E-state index in [0.29, 0.717) is 5.82 Å². The molecule has 13 rings (SSSR count). The van der Waals surface area contributed by atoms with Crippen LogP contribution in [-0.4, -0.2) is 14.5 Å². The second-order valence-corrected chi connectivity index (χ2v) is 17.0. The van der Waals surface area contributed by atoms with Crippen LogP contribution in [0.15, 0.2) is 237 Å². The van der Waals surface area contributed by atoms with E-state index in [-0.39, 0.29) is 0 Å². The molecule has 2 heterocycles. The Bertz CT molecular complexity index is 3980. The van der Waals surface area contributed by atoms with E-state index in [0.717, 1.165) is 44.7 Å². The van der Waals surface area contributed by atoms with Crippen LogP contribution in [0.1, 0.15) is 0 Å². The molecule has 3 heteroatoms. The highest BCUT2D eigenvalue weighted by molar-refractivity contribution is 6.20. The molecule has 0 aliphatic carbocycles. The number of nitrogens with zero attached hydrogens (tertiary/aromatic N) is 3. The van der Waals surface area contributed by atoms with Crippen molar-refractivity contribution < 1.29 is 0 Å². The van der Waals surface area contributed by atoms with E-state index in [1.165, 1.54) is 76.2 Å². The maximum Gasteiger partial charge on any atom is 0.160 e. The van der Waals surface area contributed by atoms with Crippen molar-refractivity contribution in [1.29, 1.82) is 0 Å². The zero-order chi connectivity index (χ0) is 42.8. The molecule has 0 aliphatic rings. The lowest BCUT2D eigenvalue weighted by Gasteiger charge is -2.14. The SMILES string of the molecule is c1ccc(-c2nc(-c3ccc4cc(-c5ccc(-c6c7ccccc7cc7c6ccc6ccccc67)cc5)ccc4c3)cc(-c3ccc4c(c3)c3ccccc3n4-c3ccccc3)n2)cc1. The molecule has 0 unspecified atom stereocenters. The maximum atomic E-state index is 5.21. The van der Waals surface area contributed by atoms with Gasteiger partial charge in [-0.1, -0.05) is 182 Å². The highest BCUT2D eigenvalue weighted by Crippen LogP contribution is 2.41. The number of fused-ring (bicyclic) bond motifs is 8. The number of hydrogen-bond donors (Lipinski definition) is 0. The van der Waals surface area contributed by atoms with Crippen LogP contribution in [0.25, 0.3) is 127 Å². The summed E-state index contributed by atoms with van der Waals surface area (Å²) >= 11 is 0. The monoisotopic (exact) mass is 825 g/mol.